The normalized spacial score (nSPS) is 13.0. The molecule has 0 spiro atoms. The monoisotopic (exact) mass is 345 g/mol. The van der Waals surface area contributed by atoms with Crippen molar-refractivity contribution >= 4 is 33.0 Å². The SMILES string of the molecule is CCC(CNS(=O)(=O)c1ccc(Cl)s1)Oc1ccccc1. The lowest BCUT2D eigenvalue weighted by Gasteiger charge is -2.17. The molecule has 0 saturated carbocycles. The molecule has 0 amide bonds. The van der Waals surface area contributed by atoms with Crippen molar-refractivity contribution in [3.63, 3.8) is 0 Å². The van der Waals surface area contributed by atoms with E-state index in [2.05, 4.69) is 4.72 Å². The first-order valence-electron chi connectivity index (χ1n) is 6.48. The number of para-hydroxylation sites is 1. The average Bonchev–Trinajstić information content (AvgIpc) is 2.92. The molecular formula is C14H16ClNO3S2. The Bertz CT molecular complexity index is 671. The van der Waals surface area contributed by atoms with Crippen LogP contribution in [0.25, 0.3) is 0 Å². The van der Waals surface area contributed by atoms with Crippen molar-refractivity contribution < 1.29 is 13.2 Å². The van der Waals surface area contributed by atoms with Crippen LogP contribution in [-0.2, 0) is 10.0 Å². The Kier molecular flexibility index (Phi) is 5.64. The Morgan fingerprint density at radius 1 is 1.24 bits per heavy atom. The molecule has 7 heteroatoms. The van der Waals surface area contributed by atoms with Crippen LogP contribution in [0, 0.1) is 0 Å². The van der Waals surface area contributed by atoms with Gasteiger partial charge < -0.3 is 4.74 Å². The van der Waals surface area contributed by atoms with Crippen molar-refractivity contribution in [3.05, 3.63) is 46.8 Å². The van der Waals surface area contributed by atoms with Gasteiger partial charge in [-0.25, -0.2) is 13.1 Å². The molecule has 1 atom stereocenters. The zero-order valence-corrected chi connectivity index (χ0v) is 13.8. The number of sulfonamides is 1. The molecule has 0 aliphatic carbocycles. The van der Waals surface area contributed by atoms with Gasteiger partial charge in [-0.2, -0.15) is 0 Å². The van der Waals surface area contributed by atoms with Crippen LogP contribution >= 0.6 is 22.9 Å². The molecular weight excluding hydrogens is 330 g/mol. The van der Waals surface area contributed by atoms with E-state index in [9.17, 15) is 8.42 Å². The number of hydrogen-bond donors (Lipinski definition) is 1. The molecule has 0 aliphatic rings. The maximum atomic E-state index is 12.1. The number of rotatable bonds is 7. The zero-order chi connectivity index (χ0) is 15.3. The summed E-state index contributed by atoms with van der Waals surface area (Å²) in [6, 6.07) is 12.4. The van der Waals surface area contributed by atoms with Gasteiger partial charge in [0, 0.05) is 6.54 Å². The van der Waals surface area contributed by atoms with Crippen LogP contribution in [0.1, 0.15) is 13.3 Å². The van der Waals surface area contributed by atoms with Crippen molar-refractivity contribution in [3.8, 4) is 5.75 Å². The number of halogens is 1. The molecule has 0 aliphatic heterocycles. The Labute approximate surface area is 133 Å². The smallest absolute Gasteiger partial charge is 0.250 e. The Morgan fingerprint density at radius 2 is 1.95 bits per heavy atom. The van der Waals surface area contributed by atoms with E-state index in [4.69, 9.17) is 16.3 Å². The van der Waals surface area contributed by atoms with Crippen LogP contribution in [0.2, 0.25) is 4.34 Å². The van der Waals surface area contributed by atoms with E-state index in [1.807, 2.05) is 37.3 Å². The molecule has 1 heterocycles. The van der Waals surface area contributed by atoms with Crippen molar-refractivity contribution in [1.82, 2.24) is 4.72 Å². The molecule has 21 heavy (non-hydrogen) atoms. The van der Waals surface area contributed by atoms with Crippen molar-refractivity contribution in [1.29, 1.82) is 0 Å². The van der Waals surface area contributed by atoms with Crippen LogP contribution < -0.4 is 9.46 Å². The topological polar surface area (TPSA) is 55.4 Å². The summed E-state index contributed by atoms with van der Waals surface area (Å²) in [5, 5.41) is 0. The molecule has 0 saturated heterocycles. The summed E-state index contributed by atoms with van der Waals surface area (Å²) >= 11 is 6.80. The fourth-order valence-electron chi connectivity index (χ4n) is 1.68. The highest BCUT2D eigenvalue weighted by Crippen LogP contribution is 2.25. The van der Waals surface area contributed by atoms with Gasteiger partial charge in [0.25, 0.3) is 0 Å². The number of nitrogens with one attached hydrogen (secondary N) is 1. The quantitative estimate of drug-likeness (QED) is 0.835. The van der Waals surface area contributed by atoms with E-state index in [0.29, 0.717) is 10.8 Å². The number of thiophene rings is 1. The lowest BCUT2D eigenvalue weighted by molar-refractivity contribution is 0.200. The number of hydrogen-bond acceptors (Lipinski definition) is 4. The van der Waals surface area contributed by atoms with E-state index in [0.717, 1.165) is 17.1 Å². The summed E-state index contributed by atoms with van der Waals surface area (Å²) in [4.78, 5) is 0. The standard InChI is InChI=1S/C14H16ClNO3S2/c1-2-11(19-12-6-4-3-5-7-12)10-16-21(17,18)14-9-8-13(15)20-14/h3-9,11,16H,2,10H2,1H3. The predicted molar refractivity (Wildman–Crippen MR) is 85.7 cm³/mol. The Morgan fingerprint density at radius 3 is 2.52 bits per heavy atom. The molecule has 0 bridgehead atoms. The first-order chi connectivity index (χ1) is 10.0. The average molecular weight is 346 g/mol. The van der Waals surface area contributed by atoms with Crippen LogP contribution in [0.4, 0.5) is 0 Å². The number of ether oxygens (including phenoxy) is 1. The van der Waals surface area contributed by atoms with Crippen molar-refractivity contribution in [2.24, 2.45) is 0 Å². The van der Waals surface area contributed by atoms with Gasteiger partial charge in [0.2, 0.25) is 10.0 Å². The highest BCUT2D eigenvalue weighted by Gasteiger charge is 2.19. The van der Waals surface area contributed by atoms with E-state index in [1.54, 1.807) is 6.07 Å². The van der Waals surface area contributed by atoms with Gasteiger partial charge in [-0.05, 0) is 30.7 Å². The molecule has 0 fully saturated rings. The Balaban J connectivity index is 1.97. The minimum absolute atomic E-state index is 0.210. The first-order valence-corrected chi connectivity index (χ1v) is 9.15. The molecule has 2 rings (SSSR count). The second-order valence-electron chi connectivity index (χ2n) is 4.37. The van der Waals surface area contributed by atoms with Crippen LogP contribution in [0.15, 0.2) is 46.7 Å². The fourth-order valence-corrected chi connectivity index (χ4v) is 4.27. The fraction of sp³-hybridized carbons (Fsp3) is 0.286. The van der Waals surface area contributed by atoms with Crippen molar-refractivity contribution in [2.75, 3.05) is 6.54 Å². The van der Waals surface area contributed by atoms with Crippen LogP contribution in [-0.4, -0.2) is 21.1 Å². The predicted octanol–water partition coefficient (Wildman–Crippen LogP) is 3.54. The molecule has 0 radical (unpaired) electrons. The maximum absolute atomic E-state index is 12.1. The van der Waals surface area contributed by atoms with Gasteiger partial charge in [-0.3, -0.25) is 0 Å². The number of benzene rings is 1. The highest BCUT2D eigenvalue weighted by atomic mass is 35.5. The molecule has 114 valence electrons. The summed E-state index contributed by atoms with van der Waals surface area (Å²) in [6.07, 6.45) is 0.473. The first kappa shape index (κ1) is 16.3. The van der Waals surface area contributed by atoms with Crippen LogP contribution in [0.3, 0.4) is 0 Å². The second kappa shape index (κ2) is 7.26. The van der Waals surface area contributed by atoms with E-state index in [-0.39, 0.29) is 16.9 Å². The summed E-state index contributed by atoms with van der Waals surface area (Å²) < 4.78 is 33.2. The lowest BCUT2D eigenvalue weighted by Crippen LogP contribution is -2.34. The van der Waals surface area contributed by atoms with Gasteiger partial charge >= 0.3 is 0 Å². The Hall–Kier alpha value is -1.08. The van der Waals surface area contributed by atoms with Crippen molar-refractivity contribution in [2.45, 2.75) is 23.7 Å². The largest absolute Gasteiger partial charge is 0.489 e. The maximum Gasteiger partial charge on any atom is 0.250 e. The van der Waals surface area contributed by atoms with Crippen LogP contribution in [0.5, 0.6) is 5.75 Å². The van der Waals surface area contributed by atoms with Gasteiger partial charge in [-0.1, -0.05) is 36.7 Å². The molecule has 2 aromatic rings. The third-order valence-electron chi connectivity index (χ3n) is 2.82. The minimum Gasteiger partial charge on any atom is -0.489 e. The third kappa shape index (κ3) is 4.71. The molecule has 1 aromatic carbocycles. The molecule has 1 unspecified atom stereocenters. The van der Waals surface area contributed by atoms with Gasteiger partial charge in [-0.15, -0.1) is 11.3 Å². The summed E-state index contributed by atoms with van der Waals surface area (Å²) in [5.74, 6) is 0.725. The lowest BCUT2D eigenvalue weighted by atomic mass is 10.2. The zero-order valence-electron chi connectivity index (χ0n) is 11.5. The van der Waals surface area contributed by atoms with Gasteiger partial charge in [0.05, 0.1) is 4.34 Å². The van der Waals surface area contributed by atoms with E-state index in [1.165, 1.54) is 6.07 Å². The van der Waals surface area contributed by atoms with Gasteiger partial charge in [0.15, 0.2) is 0 Å². The molecule has 1 aromatic heterocycles. The van der Waals surface area contributed by atoms with E-state index < -0.39 is 10.0 Å². The summed E-state index contributed by atoms with van der Waals surface area (Å²) in [5.41, 5.74) is 0. The summed E-state index contributed by atoms with van der Waals surface area (Å²) in [7, 11) is -3.53. The molecule has 1 N–H and O–H groups in total. The highest BCUT2D eigenvalue weighted by molar-refractivity contribution is 7.91. The molecule has 4 nitrogen and oxygen atoms in total. The third-order valence-corrected chi connectivity index (χ3v) is 5.96. The second-order valence-corrected chi connectivity index (χ2v) is 8.08. The van der Waals surface area contributed by atoms with E-state index >= 15 is 0 Å². The van der Waals surface area contributed by atoms with Gasteiger partial charge in [0.1, 0.15) is 16.1 Å². The summed E-state index contributed by atoms with van der Waals surface area (Å²) in [6.45, 7) is 2.16. The minimum atomic E-state index is -3.53.